The predicted molar refractivity (Wildman–Crippen MR) is 79.4 cm³/mol. The van der Waals surface area contributed by atoms with Crippen LogP contribution in [-0.2, 0) is 20.1 Å². The van der Waals surface area contributed by atoms with Gasteiger partial charge in [0.05, 0.1) is 5.69 Å². The second kappa shape index (κ2) is 4.98. The highest BCUT2D eigenvalue weighted by Crippen LogP contribution is 2.35. The summed E-state index contributed by atoms with van der Waals surface area (Å²) in [5, 5.41) is 8.90. The van der Waals surface area contributed by atoms with Crippen LogP contribution in [0.4, 0.5) is 5.82 Å². The van der Waals surface area contributed by atoms with Crippen LogP contribution in [-0.4, -0.2) is 15.8 Å². The zero-order chi connectivity index (χ0) is 13.4. The SMILES string of the molecule is Cc1nn(C)c(N(Cc2ccsc2)C2CC2)c1CN. The number of aromatic nitrogens is 2. The van der Waals surface area contributed by atoms with Gasteiger partial charge in [0, 0.05) is 31.7 Å². The third-order valence-corrected chi connectivity index (χ3v) is 4.44. The Morgan fingerprint density at radius 3 is 2.89 bits per heavy atom. The number of nitrogens with zero attached hydrogens (tertiary/aromatic N) is 3. The fraction of sp³-hybridized carbons (Fsp3) is 0.500. The van der Waals surface area contributed by atoms with E-state index in [1.54, 1.807) is 11.3 Å². The molecule has 2 aromatic heterocycles. The van der Waals surface area contributed by atoms with E-state index in [2.05, 4.69) is 26.8 Å². The van der Waals surface area contributed by atoms with Gasteiger partial charge in [-0.3, -0.25) is 4.68 Å². The summed E-state index contributed by atoms with van der Waals surface area (Å²) in [5.41, 5.74) is 9.53. The summed E-state index contributed by atoms with van der Waals surface area (Å²) in [7, 11) is 2.02. The average molecular weight is 276 g/mol. The van der Waals surface area contributed by atoms with E-state index in [0.29, 0.717) is 12.6 Å². The summed E-state index contributed by atoms with van der Waals surface area (Å²) in [4.78, 5) is 2.48. The molecule has 0 bridgehead atoms. The van der Waals surface area contributed by atoms with E-state index in [0.717, 1.165) is 12.2 Å². The third kappa shape index (κ3) is 2.40. The molecular weight excluding hydrogens is 256 g/mol. The Labute approximate surface area is 117 Å². The molecule has 1 aliphatic rings. The van der Waals surface area contributed by atoms with E-state index in [-0.39, 0.29) is 0 Å². The Hall–Kier alpha value is -1.33. The summed E-state index contributed by atoms with van der Waals surface area (Å²) in [6.07, 6.45) is 2.55. The molecule has 4 nitrogen and oxygen atoms in total. The van der Waals surface area contributed by atoms with Crippen LogP contribution in [0, 0.1) is 6.92 Å². The number of anilines is 1. The zero-order valence-corrected chi connectivity index (χ0v) is 12.3. The van der Waals surface area contributed by atoms with Gasteiger partial charge in [0.1, 0.15) is 5.82 Å². The molecule has 5 heteroatoms. The van der Waals surface area contributed by atoms with Crippen LogP contribution >= 0.6 is 11.3 Å². The fourth-order valence-electron chi connectivity index (χ4n) is 2.63. The third-order valence-electron chi connectivity index (χ3n) is 3.71. The molecule has 2 aromatic rings. The molecule has 0 spiro atoms. The van der Waals surface area contributed by atoms with Crippen LogP contribution in [0.2, 0.25) is 0 Å². The Morgan fingerprint density at radius 1 is 1.53 bits per heavy atom. The maximum absolute atomic E-state index is 5.92. The van der Waals surface area contributed by atoms with Crippen molar-refractivity contribution in [3.63, 3.8) is 0 Å². The van der Waals surface area contributed by atoms with Gasteiger partial charge < -0.3 is 10.6 Å². The van der Waals surface area contributed by atoms with Crippen LogP contribution in [0.25, 0.3) is 0 Å². The molecular formula is C14H20N4S. The van der Waals surface area contributed by atoms with Crippen molar-refractivity contribution in [1.29, 1.82) is 0 Å². The molecule has 19 heavy (non-hydrogen) atoms. The van der Waals surface area contributed by atoms with Gasteiger partial charge in [-0.2, -0.15) is 16.4 Å². The molecule has 1 aliphatic carbocycles. The maximum Gasteiger partial charge on any atom is 0.131 e. The predicted octanol–water partition coefficient (Wildman–Crippen LogP) is 2.42. The first-order valence-electron chi connectivity index (χ1n) is 6.71. The molecule has 102 valence electrons. The van der Waals surface area contributed by atoms with Crippen LogP contribution in [0.5, 0.6) is 0 Å². The van der Waals surface area contributed by atoms with E-state index in [4.69, 9.17) is 5.73 Å². The fourth-order valence-corrected chi connectivity index (χ4v) is 3.29. The van der Waals surface area contributed by atoms with Gasteiger partial charge in [0.25, 0.3) is 0 Å². The average Bonchev–Trinajstić information content (AvgIpc) is 3.02. The molecule has 2 N–H and O–H groups in total. The Bertz CT molecular complexity index is 554. The number of hydrogen-bond donors (Lipinski definition) is 1. The molecule has 0 saturated heterocycles. The second-order valence-corrected chi connectivity index (χ2v) is 5.99. The smallest absolute Gasteiger partial charge is 0.131 e. The van der Waals surface area contributed by atoms with E-state index >= 15 is 0 Å². The van der Waals surface area contributed by atoms with Gasteiger partial charge in [0.15, 0.2) is 0 Å². The summed E-state index contributed by atoms with van der Waals surface area (Å²) in [6, 6.07) is 2.85. The van der Waals surface area contributed by atoms with E-state index in [1.165, 1.54) is 29.8 Å². The second-order valence-electron chi connectivity index (χ2n) is 5.21. The van der Waals surface area contributed by atoms with Gasteiger partial charge in [-0.1, -0.05) is 0 Å². The van der Waals surface area contributed by atoms with Crippen molar-refractivity contribution in [2.45, 2.75) is 38.9 Å². The van der Waals surface area contributed by atoms with Crippen molar-refractivity contribution in [1.82, 2.24) is 9.78 Å². The first-order valence-corrected chi connectivity index (χ1v) is 7.65. The minimum absolute atomic E-state index is 0.557. The number of thiophene rings is 1. The van der Waals surface area contributed by atoms with E-state index in [9.17, 15) is 0 Å². The maximum atomic E-state index is 5.92. The summed E-state index contributed by atoms with van der Waals surface area (Å²) in [5.74, 6) is 1.20. The van der Waals surface area contributed by atoms with Crippen molar-refractivity contribution in [2.24, 2.45) is 12.8 Å². The minimum atomic E-state index is 0.557. The molecule has 1 saturated carbocycles. The van der Waals surface area contributed by atoms with Crippen LogP contribution in [0.15, 0.2) is 16.8 Å². The quantitative estimate of drug-likeness (QED) is 0.912. The number of rotatable bonds is 5. The molecule has 3 rings (SSSR count). The lowest BCUT2D eigenvalue weighted by Crippen LogP contribution is -2.28. The lowest BCUT2D eigenvalue weighted by molar-refractivity contribution is 0.689. The zero-order valence-electron chi connectivity index (χ0n) is 11.5. The van der Waals surface area contributed by atoms with Gasteiger partial charge in [-0.05, 0) is 42.2 Å². The van der Waals surface area contributed by atoms with Crippen LogP contribution < -0.4 is 10.6 Å². The first-order chi connectivity index (χ1) is 9.20. The van der Waals surface area contributed by atoms with Gasteiger partial charge in [-0.15, -0.1) is 0 Å². The van der Waals surface area contributed by atoms with Crippen molar-refractivity contribution in [3.8, 4) is 0 Å². The molecule has 0 atom stereocenters. The summed E-state index contributed by atoms with van der Waals surface area (Å²) in [6.45, 7) is 3.56. The molecule has 0 unspecified atom stereocenters. The molecule has 0 aliphatic heterocycles. The Kier molecular flexibility index (Phi) is 3.33. The number of nitrogens with two attached hydrogens (primary N) is 1. The number of hydrogen-bond acceptors (Lipinski definition) is 4. The largest absolute Gasteiger partial charge is 0.349 e. The topological polar surface area (TPSA) is 47.1 Å². The molecule has 1 fully saturated rings. The van der Waals surface area contributed by atoms with Gasteiger partial charge >= 0.3 is 0 Å². The van der Waals surface area contributed by atoms with Crippen LogP contribution in [0.3, 0.4) is 0 Å². The van der Waals surface area contributed by atoms with Crippen molar-refractivity contribution in [2.75, 3.05) is 4.90 Å². The highest BCUT2D eigenvalue weighted by Gasteiger charge is 2.32. The molecule has 2 heterocycles. The Balaban J connectivity index is 1.96. The number of aryl methyl sites for hydroxylation is 2. The van der Waals surface area contributed by atoms with Crippen molar-refractivity contribution < 1.29 is 0 Å². The highest BCUT2D eigenvalue weighted by molar-refractivity contribution is 7.07. The van der Waals surface area contributed by atoms with Gasteiger partial charge in [0.2, 0.25) is 0 Å². The monoisotopic (exact) mass is 276 g/mol. The normalized spacial score (nSPS) is 14.9. The van der Waals surface area contributed by atoms with Crippen molar-refractivity contribution >= 4 is 17.2 Å². The van der Waals surface area contributed by atoms with E-state index < -0.39 is 0 Å². The lowest BCUT2D eigenvalue weighted by Gasteiger charge is -2.25. The summed E-state index contributed by atoms with van der Waals surface area (Å²) < 4.78 is 1.99. The first kappa shape index (κ1) is 12.7. The lowest BCUT2D eigenvalue weighted by atomic mass is 10.2. The molecule has 0 radical (unpaired) electrons. The van der Waals surface area contributed by atoms with Gasteiger partial charge in [-0.25, -0.2) is 0 Å². The Morgan fingerprint density at radius 2 is 2.32 bits per heavy atom. The van der Waals surface area contributed by atoms with Crippen LogP contribution in [0.1, 0.15) is 29.7 Å². The standard InChI is InChI=1S/C14H20N4S/c1-10-13(7-15)14(17(2)16-10)18(12-3-4-12)8-11-5-6-19-9-11/h5-6,9,12H,3-4,7-8,15H2,1-2H3. The van der Waals surface area contributed by atoms with E-state index in [1.807, 2.05) is 18.7 Å². The molecule has 0 aromatic carbocycles. The highest BCUT2D eigenvalue weighted by atomic mass is 32.1. The summed E-state index contributed by atoms with van der Waals surface area (Å²) >= 11 is 1.75. The van der Waals surface area contributed by atoms with Crippen molar-refractivity contribution in [3.05, 3.63) is 33.6 Å². The molecule has 0 amide bonds. The minimum Gasteiger partial charge on any atom is -0.349 e.